The zero-order valence-corrected chi connectivity index (χ0v) is 44.1. The summed E-state index contributed by atoms with van der Waals surface area (Å²) in [6.45, 7) is 10.3. The van der Waals surface area contributed by atoms with E-state index < -0.39 is 0 Å². The average molecular weight is 906 g/mol. The number of unbranched alkanes of at least 4 members (excludes halogenated alkanes) is 34. The van der Waals surface area contributed by atoms with Gasteiger partial charge in [0.1, 0.15) is 0 Å². The zero-order valence-electron chi connectivity index (χ0n) is 41.6. The molecule has 0 rings (SSSR count). The van der Waals surface area contributed by atoms with Crippen molar-refractivity contribution >= 4 is 35.3 Å². The molecule has 3 nitrogen and oxygen atoms in total. The van der Waals surface area contributed by atoms with Gasteiger partial charge in [-0.05, 0) is 55.8 Å². The van der Waals surface area contributed by atoms with Gasteiger partial charge in [0.25, 0.3) is 0 Å². The van der Waals surface area contributed by atoms with Crippen LogP contribution in [-0.4, -0.2) is 70.2 Å². The van der Waals surface area contributed by atoms with Gasteiger partial charge in [0.2, 0.25) is 0 Å². The molecule has 0 radical (unpaired) electrons. The number of ether oxygens (including phenoxy) is 1. The zero-order chi connectivity index (χ0) is 43.9. The van der Waals surface area contributed by atoms with E-state index in [1.807, 2.05) is 23.5 Å². The van der Waals surface area contributed by atoms with Gasteiger partial charge in [0.15, 0.2) is 0 Å². The Balaban J connectivity index is 0. The van der Waals surface area contributed by atoms with Crippen LogP contribution in [0.15, 0.2) is 0 Å². The summed E-state index contributed by atoms with van der Waals surface area (Å²) in [4.78, 5) is 0. The van der Waals surface area contributed by atoms with Crippen LogP contribution < -0.4 is 0 Å². The molecular formula is C54H112O3S3. The number of hydrogen-bond donors (Lipinski definition) is 2. The highest BCUT2D eigenvalue weighted by Gasteiger charge is 2.09. The van der Waals surface area contributed by atoms with Crippen molar-refractivity contribution in [3.8, 4) is 0 Å². The van der Waals surface area contributed by atoms with Crippen LogP contribution in [0.25, 0.3) is 0 Å². The van der Waals surface area contributed by atoms with Gasteiger partial charge in [0, 0.05) is 30.5 Å². The monoisotopic (exact) mass is 905 g/mol. The van der Waals surface area contributed by atoms with E-state index in [-0.39, 0.29) is 6.10 Å². The molecule has 0 amide bonds. The number of aliphatic hydroxyl groups is 2. The van der Waals surface area contributed by atoms with Crippen molar-refractivity contribution in [3.05, 3.63) is 0 Å². The molecule has 0 heterocycles. The lowest BCUT2D eigenvalue weighted by Gasteiger charge is -2.17. The van der Waals surface area contributed by atoms with Crippen LogP contribution in [0.4, 0.5) is 0 Å². The third-order valence-corrected chi connectivity index (χ3v) is 15.5. The molecule has 0 fully saturated rings. The van der Waals surface area contributed by atoms with Gasteiger partial charge in [-0.1, -0.05) is 246 Å². The summed E-state index contributed by atoms with van der Waals surface area (Å²) in [7, 11) is 0. The van der Waals surface area contributed by atoms with Crippen molar-refractivity contribution in [2.45, 2.75) is 297 Å². The first-order valence-corrected chi connectivity index (χ1v) is 30.8. The van der Waals surface area contributed by atoms with Gasteiger partial charge in [-0.25, -0.2) is 0 Å². The predicted octanol–water partition coefficient (Wildman–Crippen LogP) is 18.6. The molecule has 0 saturated heterocycles. The molecular weight excluding hydrogens is 793 g/mol. The van der Waals surface area contributed by atoms with Crippen LogP contribution >= 0.6 is 35.3 Å². The van der Waals surface area contributed by atoms with Crippen molar-refractivity contribution in [2.75, 3.05) is 47.7 Å². The molecule has 0 aliphatic carbocycles. The number of aliphatic hydroxyl groups excluding tert-OH is 2. The Morgan fingerprint density at radius 3 is 0.900 bits per heavy atom. The fraction of sp³-hybridized carbons (Fsp3) is 1.00. The topological polar surface area (TPSA) is 49.7 Å². The van der Waals surface area contributed by atoms with Gasteiger partial charge in [-0.2, -0.15) is 35.3 Å². The van der Waals surface area contributed by atoms with E-state index in [0.717, 1.165) is 36.7 Å². The molecule has 0 aliphatic heterocycles. The van der Waals surface area contributed by atoms with E-state index in [1.165, 1.54) is 261 Å². The molecule has 1 unspecified atom stereocenters. The Morgan fingerprint density at radius 1 is 0.333 bits per heavy atom. The van der Waals surface area contributed by atoms with Crippen molar-refractivity contribution < 1.29 is 14.9 Å². The van der Waals surface area contributed by atoms with Crippen molar-refractivity contribution in [1.82, 2.24) is 0 Å². The molecule has 364 valence electrons. The maximum absolute atomic E-state index is 10.1. The number of rotatable bonds is 52. The lowest BCUT2D eigenvalue weighted by Crippen LogP contribution is -2.18. The van der Waals surface area contributed by atoms with E-state index in [1.54, 1.807) is 0 Å². The molecule has 0 aromatic heterocycles. The highest BCUT2D eigenvalue weighted by atomic mass is 32.2. The Morgan fingerprint density at radius 2 is 0.600 bits per heavy atom. The summed E-state index contributed by atoms with van der Waals surface area (Å²) < 4.78 is 6.16. The van der Waals surface area contributed by atoms with E-state index in [0.29, 0.717) is 12.7 Å². The van der Waals surface area contributed by atoms with Crippen LogP contribution in [0.1, 0.15) is 285 Å². The lowest BCUT2D eigenvalue weighted by molar-refractivity contribution is 0.0558. The van der Waals surface area contributed by atoms with Crippen LogP contribution in [0.5, 0.6) is 0 Å². The van der Waals surface area contributed by atoms with Crippen LogP contribution in [0.3, 0.4) is 0 Å². The summed E-state index contributed by atoms with van der Waals surface area (Å²) in [6.07, 6.45) is 55.2. The number of thioether (sulfide) groups is 3. The van der Waals surface area contributed by atoms with E-state index >= 15 is 0 Å². The van der Waals surface area contributed by atoms with E-state index in [4.69, 9.17) is 9.84 Å². The molecule has 0 aromatic rings. The summed E-state index contributed by atoms with van der Waals surface area (Å²) >= 11 is 5.98. The van der Waals surface area contributed by atoms with Gasteiger partial charge in [-0.15, -0.1) is 0 Å². The van der Waals surface area contributed by atoms with Crippen LogP contribution in [-0.2, 0) is 4.74 Å². The fourth-order valence-corrected chi connectivity index (χ4v) is 11.0. The van der Waals surface area contributed by atoms with Gasteiger partial charge in [-0.3, -0.25) is 0 Å². The predicted molar refractivity (Wildman–Crippen MR) is 282 cm³/mol. The first kappa shape index (κ1) is 63.0. The van der Waals surface area contributed by atoms with E-state index in [9.17, 15) is 5.11 Å². The maximum Gasteiger partial charge on any atom is 0.0720 e. The second-order valence-corrected chi connectivity index (χ2v) is 21.7. The lowest BCUT2D eigenvalue weighted by atomic mass is 10.1. The number of hydrogen-bond acceptors (Lipinski definition) is 6. The Kier molecular flexibility index (Phi) is 62.9. The molecule has 0 bridgehead atoms. The van der Waals surface area contributed by atoms with Crippen LogP contribution in [0.2, 0.25) is 0 Å². The molecule has 0 saturated carbocycles. The Labute approximate surface area is 392 Å². The van der Waals surface area contributed by atoms with Crippen molar-refractivity contribution in [2.24, 2.45) is 0 Å². The van der Waals surface area contributed by atoms with Gasteiger partial charge >= 0.3 is 0 Å². The third kappa shape index (κ3) is 58.9. The Bertz CT molecular complexity index is 686. The minimum Gasteiger partial charge on any atom is -0.396 e. The minimum atomic E-state index is -0.105. The summed E-state index contributed by atoms with van der Waals surface area (Å²) in [5, 5.41) is 19.3. The molecule has 1 atom stereocenters. The summed E-state index contributed by atoms with van der Waals surface area (Å²) in [5.41, 5.74) is 0. The average Bonchev–Trinajstić information content (AvgIpc) is 3.26. The molecule has 0 aliphatic rings. The quantitative estimate of drug-likeness (QED) is 0.0593. The highest BCUT2D eigenvalue weighted by Crippen LogP contribution is 2.18. The second kappa shape index (κ2) is 59.9. The minimum absolute atomic E-state index is 0.105. The Hall–Kier alpha value is 0.930. The molecule has 6 heteroatoms. The van der Waals surface area contributed by atoms with E-state index in [2.05, 4.69) is 39.5 Å². The smallest absolute Gasteiger partial charge is 0.0720 e. The van der Waals surface area contributed by atoms with Gasteiger partial charge in [0.05, 0.1) is 12.2 Å². The van der Waals surface area contributed by atoms with Crippen LogP contribution in [0, 0.1) is 0 Å². The highest BCUT2D eigenvalue weighted by molar-refractivity contribution is 8.00. The fourth-order valence-electron chi connectivity index (χ4n) is 7.80. The SMILES string of the molecule is CCCCCCCCCCCCSCC(CCCO)OCCCCCCCCCC.CCCCCCCCCCCCSCC(O)CSCCCCCCCCCCCC. The summed E-state index contributed by atoms with van der Waals surface area (Å²) in [6, 6.07) is 0. The molecule has 0 spiro atoms. The van der Waals surface area contributed by atoms with Crippen molar-refractivity contribution in [3.63, 3.8) is 0 Å². The summed E-state index contributed by atoms with van der Waals surface area (Å²) in [5.74, 6) is 6.71. The first-order valence-electron chi connectivity index (χ1n) is 27.3. The first-order chi connectivity index (χ1) is 29.7. The molecule has 0 aromatic carbocycles. The third-order valence-electron chi connectivity index (χ3n) is 11.9. The maximum atomic E-state index is 10.1. The van der Waals surface area contributed by atoms with Crippen molar-refractivity contribution in [1.29, 1.82) is 0 Å². The van der Waals surface area contributed by atoms with Gasteiger partial charge < -0.3 is 14.9 Å². The molecule has 60 heavy (non-hydrogen) atoms. The molecule has 2 N–H and O–H groups in total. The normalized spacial score (nSPS) is 12.1. The largest absolute Gasteiger partial charge is 0.396 e. The second-order valence-electron chi connectivity index (χ2n) is 18.3. The standard InChI is InChI=1S/C27H56O2S.C27H56OS2/c1-3-5-7-9-11-13-14-16-18-20-25-30-26-27(22-21-23-28)29-24-19-17-15-12-10-8-6-4-2;1-3-5-7-9-11-13-15-17-19-21-23-29-25-27(28)26-30-24-22-20-18-16-14-12-10-8-6-4-2/h2*27-28H,3-26H2,1-2H3.